The highest BCUT2D eigenvalue weighted by molar-refractivity contribution is 7.97. The minimum atomic E-state index is -0.469. The van der Waals surface area contributed by atoms with Gasteiger partial charge in [-0.3, -0.25) is 9.59 Å². The molecule has 7 nitrogen and oxygen atoms in total. The number of piperazine rings is 1. The van der Waals surface area contributed by atoms with Crippen LogP contribution in [0, 0.1) is 5.92 Å². The summed E-state index contributed by atoms with van der Waals surface area (Å²) in [5.74, 6) is 1.08. The van der Waals surface area contributed by atoms with E-state index in [0.717, 1.165) is 17.1 Å². The predicted molar refractivity (Wildman–Crippen MR) is 123 cm³/mol. The number of carbonyl (C=O) groups is 2. The SMILES string of the molecule is CC.CN.COC(=O)C1CN(C(=O)CCC(C)C)CCN1Sc1ccc(OC)cc1. The molecule has 1 aromatic rings. The fraction of sp³-hybridized carbons (Fsp3) is 0.636. The van der Waals surface area contributed by atoms with Crippen molar-refractivity contribution in [3.8, 4) is 5.75 Å². The van der Waals surface area contributed by atoms with Gasteiger partial charge in [0, 0.05) is 31.0 Å². The third kappa shape index (κ3) is 9.36. The van der Waals surface area contributed by atoms with Crippen LogP contribution in [0.15, 0.2) is 29.2 Å². The highest BCUT2D eigenvalue weighted by atomic mass is 32.2. The molecule has 1 aliphatic rings. The van der Waals surface area contributed by atoms with Crippen molar-refractivity contribution in [1.29, 1.82) is 0 Å². The van der Waals surface area contributed by atoms with Gasteiger partial charge in [-0.2, -0.15) is 0 Å². The van der Waals surface area contributed by atoms with E-state index < -0.39 is 6.04 Å². The zero-order chi connectivity index (χ0) is 23.1. The number of amides is 1. The van der Waals surface area contributed by atoms with E-state index >= 15 is 0 Å². The monoisotopic (exact) mass is 441 g/mol. The van der Waals surface area contributed by atoms with Crippen molar-refractivity contribution in [3.05, 3.63) is 24.3 Å². The first-order valence-electron chi connectivity index (χ1n) is 10.5. The molecule has 172 valence electrons. The largest absolute Gasteiger partial charge is 0.497 e. The zero-order valence-electron chi connectivity index (χ0n) is 19.5. The molecule has 1 amide bonds. The molecular weight excluding hydrogens is 402 g/mol. The maximum absolute atomic E-state index is 12.4. The second-order valence-corrected chi connectivity index (χ2v) is 7.84. The summed E-state index contributed by atoms with van der Waals surface area (Å²) in [5.41, 5.74) is 4.50. The Balaban J connectivity index is 0.00000198. The smallest absolute Gasteiger partial charge is 0.325 e. The van der Waals surface area contributed by atoms with Gasteiger partial charge in [0.15, 0.2) is 0 Å². The van der Waals surface area contributed by atoms with Gasteiger partial charge in [-0.1, -0.05) is 27.7 Å². The summed E-state index contributed by atoms with van der Waals surface area (Å²) < 4.78 is 12.1. The molecule has 1 saturated heterocycles. The Kier molecular flexibility index (Phi) is 15.0. The first-order valence-corrected chi connectivity index (χ1v) is 11.2. The van der Waals surface area contributed by atoms with Gasteiger partial charge >= 0.3 is 5.97 Å². The molecule has 1 aromatic carbocycles. The fourth-order valence-corrected chi connectivity index (χ4v) is 3.75. The van der Waals surface area contributed by atoms with Crippen LogP contribution < -0.4 is 10.5 Å². The summed E-state index contributed by atoms with van der Waals surface area (Å²) in [7, 11) is 4.52. The van der Waals surface area contributed by atoms with Crippen LogP contribution in [0.4, 0.5) is 0 Å². The van der Waals surface area contributed by atoms with Crippen LogP contribution in [0.3, 0.4) is 0 Å². The van der Waals surface area contributed by atoms with Gasteiger partial charge in [0.25, 0.3) is 0 Å². The summed E-state index contributed by atoms with van der Waals surface area (Å²) in [4.78, 5) is 27.5. The molecule has 1 aliphatic heterocycles. The Morgan fingerprint density at radius 3 is 2.23 bits per heavy atom. The van der Waals surface area contributed by atoms with Crippen LogP contribution >= 0.6 is 11.9 Å². The number of methoxy groups -OCH3 is 2. The maximum Gasteiger partial charge on any atom is 0.325 e. The van der Waals surface area contributed by atoms with Crippen molar-refractivity contribution in [2.45, 2.75) is 51.5 Å². The molecule has 1 atom stereocenters. The van der Waals surface area contributed by atoms with Crippen molar-refractivity contribution < 1.29 is 19.1 Å². The molecule has 1 fully saturated rings. The second-order valence-electron chi connectivity index (χ2n) is 6.72. The van der Waals surface area contributed by atoms with E-state index in [9.17, 15) is 9.59 Å². The predicted octanol–water partition coefficient (Wildman–Crippen LogP) is 3.43. The van der Waals surface area contributed by atoms with Crippen molar-refractivity contribution in [2.75, 3.05) is 40.9 Å². The quantitative estimate of drug-likeness (QED) is 0.512. The molecule has 0 saturated carbocycles. The third-order valence-electron chi connectivity index (χ3n) is 4.37. The summed E-state index contributed by atoms with van der Waals surface area (Å²) in [6, 6.07) is 7.22. The number of nitrogens with two attached hydrogens (primary N) is 1. The highest BCUT2D eigenvalue weighted by Crippen LogP contribution is 2.29. The minimum Gasteiger partial charge on any atom is -0.497 e. The lowest BCUT2D eigenvalue weighted by molar-refractivity contribution is -0.148. The van der Waals surface area contributed by atoms with Gasteiger partial charge in [-0.25, -0.2) is 4.31 Å². The third-order valence-corrected chi connectivity index (χ3v) is 5.53. The lowest BCUT2D eigenvalue weighted by atomic mass is 10.1. The van der Waals surface area contributed by atoms with E-state index in [0.29, 0.717) is 32.0 Å². The van der Waals surface area contributed by atoms with Gasteiger partial charge < -0.3 is 20.1 Å². The van der Waals surface area contributed by atoms with Gasteiger partial charge in [-0.05, 0) is 55.6 Å². The average Bonchev–Trinajstić information content (AvgIpc) is 2.80. The van der Waals surface area contributed by atoms with Crippen LogP contribution in [0.5, 0.6) is 5.75 Å². The lowest BCUT2D eigenvalue weighted by Gasteiger charge is -2.39. The molecule has 0 spiro atoms. The minimum absolute atomic E-state index is 0.113. The lowest BCUT2D eigenvalue weighted by Crippen LogP contribution is -2.55. The highest BCUT2D eigenvalue weighted by Gasteiger charge is 2.35. The molecule has 1 heterocycles. The van der Waals surface area contributed by atoms with Crippen LogP contribution in [0.1, 0.15) is 40.5 Å². The van der Waals surface area contributed by atoms with Crippen molar-refractivity contribution >= 4 is 23.8 Å². The van der Waals surface area contributed by atoms with Gasteiger partial charge in [0.05, 0.1) is 14.2 Å². The molecule has 2 rings (SSSR count). The molecule has 30 heavy (non-hydrogen) atoms. The zero-order valence-corrected chi connectivity index (χ0v) is 20.3. The number of ether oxygens (including phenoxy) is 2. The van der Waals surface area contributed by atoms with E-state index in [1.807, 2.05) is 42.4 Å². The topological polar surface area (TPSA) is 85.1 Å². The normalized spacial score (nSPS) is 16.0. The van der Waals surface area contributed by atoms with Crippen LogP contribution in [-0.4, -0.2) is 68.0 Å². The van der Waals surface area contributed by atoms with Gasteiger partial charge in [0.2, 0.25) is 5.91 Å². The van der Waals surface area contributed by atoms with Crippen molar-refractivity contribution in [2.24, 2.45) is 11.7 Å². The Hall–Kier alpha value is -1.77. The van der Waals surface area contributed by atoms with E-state index in [1.54, 1.807) is 12.0 Å². The van der Waals surface area contributed by atoms with Crippen LogP contribution in [-0.2, 0) is 14.3 Å². The second kappa shape index (κ2) is 16.0. The van der Waals surface area contributed by atoms with Crippen LogP contribution in [0.25, 0.3) is 0 Å². The van der Waals surface area contributed by atoms with Gasteiger partial charge in [-0.15, -0.1) is 0 Å². The summed E-state index contributed by atoms with van der Waals surface area (Å²) >= 11 is 1.51. The van der Waals surface area contributed by atoms with Crippen molar-refractivity contribution in [1.82, 2.24) is 9.21 Å². The Morgan fingerprint density at radius 2 is 1.73 bits per heavy atom. The first-order chi connectivity index (χ1) is 14.4. The number of benzene rings is 1. The number of carbonyl (C=O) groups excluding carboxylic acids is 2. The summed E-state index contributed by atoms with van der Waals surface area (Å²) in [6.07, 6.45) is 1.39. The Labute approximate surface area is 186 Å². The molecule has 0 bridgehead atoms. The fourth-order valence-electron chi connectivity index (χ4n) is 2.77. The summed E-state index contributed by atoms with van der Waals surface area (Å²) in [5, 5.41) is 0. The van der Waals surface area contributed by atoms with E-state index in [-0.39, 0.29) is 11.9 Å². The van der Waals surface area contributed by atoms with Gasteiger partial charge in [0.1, 0.15) is 11.8 Å². The molecule has 8 heteroatoms. The number of hydrogen-bond donors (Lipinski definition) is 1. The molecular formula is C22H39N3O4S. The number of esters is 1. The molecule has 0 aliphatic carbocycles. The number of rotatable bonds is 7. The number of nitrogens with zero attached hydrogens (tertiary/aromatic N) is 2. The maximum atomic E-state index is 12.4. The Morgan fingerprint density at radius 1 is 1.13 bits per heavy atom. The summed E-state index contributed by atoms with van der Waals surface area (Å²) in [6.45, 7) is 9.81. The van der Waals surface area contributed by atoms with Crippen molar-refractivity contribution in [3.63, 3.8) is 0 Å². The average molecular weight is 442 g/mol. The van der Waals surface area contributed by atoms with E-state index in [4.69, 9.17) is 9.47 Å². The number of hydrogen-bond acceptors (Lipinski definition) is 7. The molecule has 0 radical (unpaired) electrons. The molecule has 0 aromatic heterocycles. The van der Waals surface area contributed by atoms with E-state index in [2.05, 4.69) is 19.6 Å². The van der Waals surface area contributed by atoms with E-state index in [1.165, 1.54) is 26.1 Å². The Bertz CT molecular complexity index is 611. The first kappa shape index (κ1) is 28.2. The standard InChI is InChI=1S/C19H28N2O4S.C2H6.CH5N/c1-14(2)5-10-18(22)20-11-12-21(17(13-20)19(23)25-4)26-16-8-6-15(24-3)7-9-16;2*1-2/h6-9,14,17H,5,10-13H2,1-4H3;1-2H3;2H2,1H3. The molecule has 2 N–H and O–H groups in total. The molecule has 1 unspecified atom stereocenters. The van der Waals surface area contributed by atoms with Crippen LogP contribution in [0.2, 0.25) is 0 Å².